The molecular formula is C20H24F3N3O5. The van der Waals surface area contributed by atoms with Crippen LogP contribution in [0, 0.1) is 0 Å². The minimum Gasteiger partial charge on any atom is -0.406 e. The number of carbonyl (C=O) groups excluding carboxylic acids is 1. The molecule has 2 aromatic rings. The molecule has 11 heteroatoms. The number of benzene rings is 1. The Kier molecular flexibility index (Phi) is 7.85. The minimum absolute atomic E-state index is 0.0492. The highest BCUT2D eigenvalue weighted by Crippen LogP contribution is 2.30. The number of alkyl halides is 3. The summed E-state index contributed by atoms with van der Waals surface area (Å²) in [4.78, 5) is 19.0. The van der Waals surface area contributed by atoms with Gasteiger partial charge in [0.15, 0.2) is 5.82 Å². The van der Waals surface area contributed by atoms with Gasteiger partial charge in [-0.05, 0) is 37.0 Å². The number of hydrogen-bond acceptors (Lipinski definition) is 7. The lowest BCUT2D eigenvalue weighted by Gasteiger charge is -2.34. The number of carbonyl (C=O) groups is 1. The van der Waals surface area contributed by atoms with Gasteiger partial charge < -0.3 is 23.6 Å². The first-order chi connectivity index (χ1) is 14.9. The smallest absolute Gasteiger partial charge is 0.406 e. The van der Waals surface area contributed by atoms with Gasteiger partial charge in [-0.25, -0.2) is 0 Å². The number of hydrogen-bond donors (Lipinski definition) is 0. The van der Waals surface area contributed by atoms with Crippen LogP contribution in [0.3, 0.4) is 0 Å². The summed E-state index contributed by atoms with van der Waals surface area (Å²) in [7, 11) is 1.58. The first kappa shape index (κ1) is 23.0. The maximum atomic E-state index is 12.9. The van der Waals surface area contributed by atoms with Crippen molar-refractivity contribution in [2.75, 3.05) is 26.9 Å². The molecule has 1 aliphatic heterocycles. The van der Waals surface area contributed by atoms with Gasteiger partial charge in [0.05, 0.1) is 25.7 Å². The number of halogens is 3. The minimum atomic E-state index is -4.75. The number of methoxy groups -OCH3 is 1. The van der Waals surface area contributed by atoms with Crippen molar-refractivity contribution in [3.63, 3.8) is 0 Å². The van der Waals surface area contributed by atoms with Gasteiger partial charge in [-0.15, -0.1) is 13.2 Å². The number of rotatable bonds is 9. The maximum absolute atomic E-state index is 12.9. The summed E-state index contributed by atoms with van der Waals surface area (Å²) in [5.41, 5.74) is 0.587. The average Bonchev–Trinajstić information content (AvgIpc) is 3.20. The molecule has 0 bridgehead atoms. The maximum Gasteiger partial charge on any atom is 0.573 e. The molecule has 31 heavy (non-hydrogen) atoms. The second-order valence-electron chi connectivity index (χ2n) is 7.06. The summed E-state index contributed by atoms with van der Waals surface area (Å²) in [6.07, 6.45) is -2.23. The topological polar surface area (TPSA) is 86.9 Å². The standard InChI is InChI=1S/C20H24F3N3O5/c1-28-10-11-29-13-17-24-19(25-31-17)16-4-2-3-9-26(16)18(27)12-14-5-7-15(8-6-14)30-20(21,22)23/h5-8,16H,2-4,9-13H2,1H3. The normalized spacial score (nSPS) is 17.0. The first-order valence-corrected chi connectivity index (χ1v) is 9.89. The predicted molar refractivity (Wildman–Crippen MR) is 101 cm³/mol. The monoisotopic (exact) mass is 443 g/mol. The van der Waals surface area contributed by atoms with Crippen molar-refractivity contribution in [2.24, 2.45) is 0 Å². The van der Waals surface area contributed by atoms with Crippen molar-refractivity contribution in [3.05, 3.63) is 41.5 Å². The Morgan fingerprint density at radius 1 is 1.23 bits per heavy atom. The molecule has 170 valence electrons. The van der Waals surface area contributed by atoms with E-state index in [0.717, 1.165) is 12.8 Å². The van der Waals surface area contributed by atoms with Gasteiger partial charge in [-0.2, -0.15) is 4.98 Å². The third kappa shape index (κ3) is 6.93. The second-order valence-corrected chi connectivity index (χ2v) is 7.06. The molecular weight excluding hydrogens is 419 g/mol. The SMILES string of the molecule is COCCOCc1nc(C2CCCCN2C(=O)Cc2ccc(OC(F)(F)F)cc2)no1. The molecule has 2 heterocycles. The Morgan fingerprint density at radius 2 is 2.00 bits per heavy atom. The van der Waals surface area contributed by atoms with Crippen molar-refractivity contribution in [2.45, 2.75) is 44.7 Å². The van der Waals surface area contributed by atoms with E-state index >= 15 is 0 Å². The number of amides is 1. The largest absolute Gasteiger partial charge is 0.573 e. The third-order valence-electron chi connectivity index (χ3n) is 4.77. The average molecular weight is 443 g/mol. The van der Waals surface area contributed by atoms with Gasteiger partial charge >= 0.3 is 6.36 Å². The lowest BCUT2D eigenvalue weighted by atomic mass is 10.00. The highest BCUT2D eigenvalue weighted by molar-refractivity contribution is 5.79. The van der Waals surface area contributed by atoms with Crippen LogP contribution in [0.25, 0.3) is 0 Å². The number of nitrogens with zero attached hydrogens (tertiary/aromatic N) is 3. The van der Waals surface area contributed by atoms with E-state index < -0.39 is 6.36 Å². The first-order valence-electron chi connectivity index (χ1n) is 9.89. The van der Waals surface area contributed by atoms with Gasteiger partial charge in [-0.3, -0.25) is 4.79 Å². The fourth-order valence-electron chi connectivity index (χ4n) is 3.35. The van der Waals surface area contributed by atoms with Crippen LogP contribution in [0.5, 0.6) is 5.75 Å². The van der Waals surface area contributed by atoms with E-state index in [4.69, 9.17) is 14.0 Å². The molecule has 0 aliphatic carbocycles. The van der Waals surface area contributed by atoms with Gasteiger partial charge in [-0.1, -0.05) is 17.3 Å². The van der Waals surface area contributed by atoms with E-state index in [-0.39, 0.29) is 30.7 Å². The molecule has 8 nitrogen and oxygen atoms in total. The van der Waals surface area contributed by atoms with E-state index in [1.807, 2.05) is 0 Å². The quantitative estimate of drug-likeness (QED) is 0.549. The third-order valence-corrected chi connectivity index (χ3v) is 4.77. The molecule has 1 aliphatic rings. The number of piperidine rings is 1. The molecule has 0 radical (unpaired) electrons. The van der Waals surface area contributed by atoms with Gasteiger partial charge in [0.2, 0.25) is 5.91 Å². The highest BCUT2D eigenvalue weighted by Gasteiger charge is 2.32. The Bertz CT molecular complexity index is 841. The van der Waals surface area contributed by atoms with E-state index in [1.54, 1.807) is 12.0 Å². The van der Waals surface area contributed by atoms with E-state index in [0.29, 0.717) is 43.5 Å². The lowest BCUT2D eigenvalue weighted by Crippen LogP contribution is -2.39. The van der Waals surface area contributed by atoms with Crippen LogP contribution in [0.2, 0.25) is 0 Å². The summed E-state index contributed by atoms with van der Waals surface area (Å²) >= 11 is 0. The van der Waals surface area contributed by atoms with E-state index in [9.17, 15) is 18.0 Å². The van der Waals surface area contributed by atoms with Crippen LogP contribution in [0.1, 0.15) is 42.6 Å². The zero-order chi connectivity index (χ0) is 22.3. The number of aromatic nitrogens is 2. The van der Waals surface area contributed by atoms with Crippen molar-refractivity contribution >= 4 is 5.91 Å². The fourth-order valence-corrected chi connectivity index (χ4v) is 3.35. The Labute approximate surface area is 177 Å². The second kappa shape index (κ2) is 10.6. The molecule has 0 N–H and O–H groups in total. The Balaban J connectivity index is 1.61. The summed E-state index contributed by atoms with van der Waals surface area (Å²) in [6, 6.07) is 4.96. The van der Waals surface area contributed by atoms with Crippen molar-refractivity contribution < 1.29 is 36.7 Å². The van der Waals surface area contributed by atoms with Crippen LogP contribution in [0.15, 0.2) is 28.8 Å². The molecule has 0 spiro atoms. The van der Waals surface area contributed by atoms with E-state index in [2.05, 4.69) is 14.9 Å². The lowest BCUT2D eigenvalue weighted by molar-refractivity contribution is -0.274. The predicted octanol–water partition coefficient (Wildman–Crippen LogP) is 3.43. The van der Waals surface area contributed by atoms with Crippen LogP contribution in [-0.2, 0) is 27.3 Å². The number of likely N-dealkylation sites (tertiary alicyclic amines) is 1. The van der Waals surface area contributed by atoms with Crippen molar-refractivity contribution in [1.29, 1.82) is 0 Å². The molecule has 0 saturated carbocycles. The zero-order valence-electron chi connectivity index (χ0n) is 17.1. The van der Waals surface area contributed by atoms with Gasteiger partial charge in [0.1, 0.15) is 12.4 Å². The van der Waals surface area contributed by atoms with Crippen molar-refractivity contribution in [1.82, 2.24) is 15.0 Å². The number of ether oxygens (including phenoxy) is 3. The molecule has 1 aromatic heterocycles. The summed E-state index contributed by atoms with van der Waals surface area (Å²) in [5.74, 6) is 0.264. The Hall–Kier alpha value is -2.66. The summed E-state index contributed by atoms with van der Waals surface area (Å²) in [6.45, 7) is 1.56. The van der Waals surface area contributed by atoms with Crippen LogP contribution < -0.4 is 4.74 Å². The molecule has 1 aromatic carbocycles. The van der Waals surface area contributed by atoms with Crippen LogP contribution in [0.4, 0.5) is 13.2 Å². The van der Waals surface area contributed by atoms with Gasteiger partial charge in [0.25, 0.3) is 5.89 Å². The molecule has 1 saturated heterocycles. The molecule has 1 atom stereocenters. The van der Waals surface area contributed by atoms with Crippen molar-refractivity contribution in [3.8, 4) is 5.75 Å². The summed E-state index contributed by atoms with van der Waals surface area (Å²) in [5, 5.41) is 4.01. The van der Waals surface area contributed by atoms with Crippen LogP contribution >= 0.6 is 0 Å². The molecule has 1 amide bonds. The Morgan fingerprint density at radius 3 is 2.71 bits per heavy atom. The van der Waals surface area contributed by atoms with Gasteiger partial charge in [0, 0.05) is 13.7 Å². The molecule has 3 rings (SSSR count). The van der Waals surface area contributed by atoms with Crippen LogP contribution in [-0.4, -0.2) is 54.2 Å². The highest BCUT2D eigenvalue weighted by atomic mass is 19.4. The summed E-state index contributed by atoms with van der Waals surface area (Å²) < 4.78 is 56.2. The zero-order valence-corrected chi connectivity index (χ0v) is 17.1. The fraction of sp³-hybridized carbons (Fsp3) is 0.550. The molecule has 1 fully saturated rings. The van der Waals surface area contributed by atoms with E-state index in [1.165, 1.54) is 24.3 Å². The molecule has 1 unspecified atom stereocenters.